The average molecular weight is 280 g/mol. The quantitative estimate of drug-likeness (QED) is 0.783. The van der Waals surface area contributed by atoms with E-state index in [4.69, 9.17) is 9.15 Å². The Bertz CT molecular complexity index is 794. The molecule has 1 aromatic heterocycles. The first-order valence-corrected chi connectivity index (χ1v) is 7.08. The number of benzene rings is 2. The number of oxazole rings is 1. The van der Waals surface area contributed by atoms with Gasteiger partial charge in [0.2, 0.25) is 5.89 Å². The van der Waals surface area contributed by atoms with Gasteiger partial charge in [0.05, 0.1) is 13.2 Å². The summed E-state index contributed by atoms with van der Waals surface area (Å²) in [6.45, 7) is 0.850. The van der Waals surface area contributed by atoms with E-state index in [-0.39, 0.29) is 6.04 Å². The van der Waals surface area contributed by atoms with Gasteiger partial charge in [-0.25, -0.2) is 4.98 Å². The van der Waals surface area contributed by atoms with E-state index in [2.05, 4.69) is 34.6 Å². The van der Waals surface area contributed by atoms with Gasteiger partial charge in [-0.2, -0.15) is 0 Å². The van der Waals surface area contributed by atoms with Crippen molar-refractivity contribution in [1.82, 2.24) is 10.3 Å². The van der Waals surface area contributed by atoms with Gasteiger partial charge in [-0.05, 0) is 29.7 Å². The molecule has 1 aliphatic rings. The summed E-state index contributed by atoms with van der Waals surface area (Å²) in [6.07, 6.45) is 0.903. The zero-order chi connectivity index (χ0) is 14.2. The second kappa shape index (κ2) is 4.90. The number of hydrogen-bond acceptors (Lipinski definition) is 4. The Kier molecular flexibility index (Phi) is 2.89. The molecule has 1 aliphatic heterocycles. The molecule has 0 bridgehead atoms. The summed E-state index contributed by atoms with van der Waals surface area (Å²) in [5.41, 5.74) is 4.35. The molecule has 1 atom stereocenters. The Morgan fingerprint density at radius 3 is 2.90 bits per heavy atom. The maximum atomic E-state index is 5.89. The minimum atomic E-state index is 0.123. The third kappa shape index (κ3) is 2.17. The Morgan fingerprint density at radius 2 is 2.05 bits per heavy atom. The smallest absolute Gasteiger partial charge is 0.212 e. The van der Waals surface area contributed by atoms with Crippen molar-refractivity contribution in [3.05, 3.63) is 59.5 Å². The molecule has 0 amide bonds. The van der Waals surface area contributed by atoms with Crippen LogP contribution in [0.2, 0.25) is 0 Å². The van der Waals surface area contributed by atoms with Gasteiger partial charge in [-0.15, -0.1) is 0 Å². The van der Waals surface area contributed by atoms with Crippen LogP contribution in [0.3, 0.4) is 0 Å². The van der Waals surface area contributed by atoms with Crippen LogP contribution < -0.4 is 10.1 Å². The number of methoxy groups -OCH3 is 1. The zero-order valence-electron chi connectivity index (χ0n) is 11.8. The zero-order valence-corrected chi connectivity index (χ0v) is 11.8. The Hall–Kier alpha value is -2.33. The lowest BCUT2D eigenvalue weighted by Crippen LogP contribution is -2.28. The van der Waals surface area contributed by atoms with Crippen LogP contribution in [0, 0.1) is 0 Å². The fourth-order valence-electron chi connectivity index (χ4n) is 2.83. The molecule has 4 rings (SSSR count). The van der Waals surface area contributed by atoms with Crippen LogP contribution in [0.5, 0.6) is 5.75 Å². The van der Waals surface area contributed by atoms with Gasteiger partial charge in [-0.3, -0.25) is 0 Å². The summed E-state index contributed by atoms with van der Waals surface area (Å²) in [6, 6.07) is 14.3. The lowest BCUT2D eigenvalue weighted by atomic mass is 9.96. The average Bonchev–Trinajstić information content (AvgIpc) is 2.97. The van der Waals surface area contributed by atoms with E-state index in [1.54, 1.807) is 7.11 Å². The van der Waals surface area contributed by atoms with Crippen molar-refractivity contribution < 1.29 is 9.15 Å². The first-order valence-electron chi connectivity index (χ1n) is 7.08. The van der Waals surface area contributed by atoms with Crippen LogP contribution in [0.25, 0.3) is 11.1 Å². The van der Waals surface area contributed by atoms with Crippen LogP contribution in [-0.4, -0.2) is 12.1 Å². The lowest BCUT2D eigenvalue weighted by Gasteiger charge is -2.23. The van der Waals surface area contributed by atoms with E-state index in [1.165, 1.54) is 11.1 Å². The minimum Gasteiger partial charge on any atom is -0.497 e. The van der Waals surface area contributed by atoms with Gasteiger partial charge in [0.25, 0.3) is 0 Å². The van der Waals surface area contributed by atoms with E-state index < -0.39 is 0 Å². The maximum absolute atomic E-state index is 5.89. The molecule has 2 aromatic carbocycles. The fraction of sp³-hybridized carbons (Fsp3) is 0.235. The highest BCUT2D eigenvalue weighted by Gasteiger charge is 2.23. The van der Waals surface area contributed by atoms with Crippen molar-refractivity contribution in [3.8, 4) is 5.75 Å². The molecule has 0 fully saturated rings. The highest BCUT2D eigenvalue weighted by molar-refractivity contribution is 5.74. The number of nitrogens with zero attached hydrogens (tertiary/aromatic N) is 1. The van der Waals surface area contributed by atoms with Crippen molar-refractivity contribution >= 4 is 11.1 Å². The second-order valence-electron chi connectivity index (χ2n) is 5.29. The van der Waals surface area contributed by atoms with Crippen molar-refractivity contribution in [1.29, 1.82) is 0 Å². The predicted molar refractivity (Wildman–Crippen MR) is 80.3 cm³/mol. The molecule has 0 saturated carbocycles. The molecule has 21 heavy (non-hydrogen) atoms. The van der Waals surface area contributed by atoms with E-state index >= 15 is 0 Å². The topological polar surface area (TPSA) is 47.3 Å². The van der Waals surface area contributed by atoms with Crippen molar-refractivity contribution in [2.75, 3.05) is 7.11 Å². The number of rotatable bonds is 2. The van der Waals surface area contributed by atoms with Gasteiger partial charge in [0, 0.05) is 12.6 Å². The number of ether oxygens (including phenoxy) is 1. The Labute approximate surface area is 122 Å². The summed E-state index contributed by atoms with van der Waals surface area (Å²) in [7, 11) is 1.65. The molecule has 106 valence electrons. The third-order valence-corrected chi connectivity index (χ3v) is 3.99. The van der Waals surface area contributed by atoms with Gasteiger partial charge < -0.3 is 14.5 Å². The number of nitrogens with one attached hydrogen (secondary N) is 1. The van der Waals surface area contributed by atoms with E-state index in [9.17, 15) is 0 Å². The van der Waals surface area contributed by atoms with Gasteiger partial charge >= 0.3 is 0 Å². The number of fused-ring (bicyclic) bond motifs is 2. The van der Waals surface area contributed by atoms with Gasteiger partial charge in [0.1, 0.15) is 11.3 Å². The summed E-state index contributed by atoms with van der Waals surface area (Å²) in [5, 5.41) is 3.49. The van der Waals surface area contributed by atoms with Crippen LogP contribution in [0.1, 0.15) is 23.1 Å². The van der Waals surface area contributed by atoms with Crippen LogP contribution in [0.4, 0.5) is 0 Å². The predicted octanol–water partition coefficient (Wildman–Crippen LogP) is 3.22. The monoisotopic (exact) mass is 280 g/mol. The Balaban J connectivity index is 1.68. The van der Waals surface area contributed by atoms with Gasteiger partial charge in [-0.1, -0.05) is 24.3 Å². The fourth-order valence-corrected chi connectivity index (χ4v) is 2.83. The molecule has 4 nitrogen and oxygen atoms in total. The highest BCUT2D eigenvalue weighted by atomic mass is 16.5. The molecular formula is C17H16N2O2. The third-order valence-electron chi connectivity index (χ3n) is 3.99. The molecule has 4 heteroatoms. The largest absolute Gasteiger partial charge is 0.497 e. The molecule has 0 radical (unpaired) electrons. The molecule has 2 heterocycles. The van der Waals surface area contributed by atoms with E-state index in [0.29, 0.717) is 0 Å². The molecule has 0 spiro atoms. The first kappa shape index (κ1) is 12.4. The van der Waals surface area contributed by atoms with Gasteiger partial charge in [0.15, 0.2) is 5.58 Å². The van der Waals surface area contributed by atoms with E-state index in [1.807, 2.05) is 18.2 Å². The molecule has 1 N–H and O–H groups in total. The minimum absolute atomic E-state index is 0.123. The van der Waals surface area contributed by atoms with Crippen molar-refractivity contribution in [2.45, 2.75) is 19.0 Å². The standard InChI is InChI=1S/C17H16N2O2/c1-20-13-6-7-16-14(9-13)19-17(21-16)15-8-11-4-2-3-5-12(11)10-18-15/h2-7,9,15,18H,8,10H2,1H3. The van der Waals surface area contributed by atoms with Crippen molar-refractivity contribution in [2.24, 2.45) is 0 Å². The number of hydrogen-bond donors (Lipinski definition) is 1. The second-order valence-corrected chi connectivity index (χ2v) is 5.29. The molecule has 0 aliphatic carbocycles. The summed E-state index contributed by atoms with van der Waals surface area (Å²) < 4.78 is 11.1. The summed E-state index contributed by atoms with van der Waals surface area (Å²) in [4.78, 5) is 4.61. The summed E-state index contributed by atoms with van der Waals surface area (Å²) >= 11 is 0. The normalized spacial score (nSPS) is 17.7. The molecule has 0 saturated heterocycles. The SMILES string of the molecule is COc1ccc2oc(C3Cc4ccccc4CN3)nc2c1. The van der Waals surface area contributed by atoms with E-state index in [0.717, 1.165) is 35.7 Å². The molecular weight excluding hydrogens is 264 g/mol. The number of aromatic nitrogens is 1. The Morgan fingerprint density at radius 1 is 1.19 bits per heavy atom. The molecule has 3 aromatic rings. The van der Waals surface area contributed by atoms with Crippen LogP contribution in [-0.2, 0) is 13.0 Å². The van der Waals surface area contributed by atoms with Crippen LogP contribution >= 0.6 is 0 Å². The van der Waals surface area contributed by atoms with Crippen molar-refractivity contribution in [3.63, 3.8) is 0 Å². The first-order chi connectivity index (χ1) is 10.3. The highest BCUT2D eigenvalue weighted by Crippen LogP contribution is 2.29. The maximum Gasteiger partial charge on any atom is 0.212 e. The lowest BCUT2D eigenvalue weighted by molar-refractivity contribution is 0.395. The van der Waals surface area contributed by atoms with Crippen LogP contribution in [0.15, 0.2) is 46.9 Å². The molecule has 1 unspecified atom stereocenters. The summed E-state index contributed by atoms with van der Waals surface area (Å²) in [5.74, 6) is 1.54.